The SMILES string of the molecule is Cc1cccc(C(=O)NCC2(C(=O)O)CCOCC2)c1C. The average Bonchev–Trinajstić information content (AvgIpc) is 2.48. The van der Waals surface area contributed by atoms with Crippen molar-refractivity contribution in [3.05, 3.63) is 34.9 Å². The Labute approximate surface area is 124 Å². The molecule has 1 aromatic rings. The van der Waals surface area contributed by atoms with E-state index in [0.717, 1.165) is 11.1 Å². The molecule has 2 rings (SSSR count). The van der Waals surface area contributed by atoms with Crippen LogP contribution in [0.1, 0.15) is 34.3 Å². The van der Waals surface area contributed by atoms with Crippen LogP contribution in [0.25, 0.3) is 0 Å². The van der Waals surface area contributed by atoms with E-state index in [0.29, 0.717) is 31.6 Å². The minimum Gasteiger partial charge on any atom is -0.481 e. The fourth-order valence-corrected chi connectivity index (χ4v) is 2.57. The van der Waals surface area contributed by atoms with Crippen LogP contribution in [-0.4, -0.2) is 36.7 Å². The molecule has 1 aromatic carbocycles. The van der Waals surface area contributed by atoms with Crippen molar-refractivity contribution in [3.8, 4) is 0 Å². The number of aliphatic carboxylic acids is 1. The van der Waals surface area contributed by atoms with E-state index in [2.05, 4.69) is 5.32 Å². The first kappa shape index (κ1) is 15.5. The lowest BCUT2D eigenvalue weighted by molar-refractivity contribution is -0.154. The Bertz CT molecular complexity index is 547. The number of ether oxygens (including phenoxy) is 1. The van der Waals surface area contributed by atoms with Gasteiger partial charge < -0.3 is 15.2 Å². The third-order valence-electron chi connectivity index (χ3n) is 4.34. The lowest BCUT2D eigenvalue weighted by atomic mass is 9.80. The number of carbonyl (C=O) groups excluding carboxylic acids is 1. The minimum absolute atomic E-state index is 0.137. The second-order valence-electron chi connectivity index (χ2n) is 5.63. The zero-order valence-corrected chi connectivity index (χ0v) is 12.4. The van der Waals surface area contributed by atoms with E-state index in [1.807, 2.05) is 26.0 Å². The van der Waals surface area contributed by atoms with E-state index < -0.39 is 11.4 Å². The first-order valence-corrected chi connectivity index (χ1v) is 7.12. The highest BCUT2D eigenvalue weighted by molar-refractivity contribution is 5.96. The van der Waals surface area contributed by atoms with Crippen LogP contribution in [0.4, 0.5) is 0 Å². The zero-order chi connectivity index (χ0) is 15.5. The number of benzene rings is 1. The molecule has 1 aliphatic heterocycles. The topological polar surface area (TPSA) is 75.6 Å². The van der Waals surface area contributed by atoms with Gasteiger partial charge in [-0.25, -0.2) is 0 Å². The molecular weight excluding hydrogens is 270 g/mol. The fourth-order valence-electron chi connectivity index (χ4n) is 2.57. The van der Waals surface area contributed by atoms with Crippen LogP contribution in [0.15, 0.2) is 18.2 Å². The van der Waals surface area contributed by atoms with Crippen molar-refractivity contribution in [1.29, 1.82) is 0 Å². The molecule has 1 saturated heterocycles. The number of carboxylic acid groups (broad SMARTS) is 1. The van der Waals surface area contributed by atoms with Gasteiger partial charge in [0.05, 0.1) is 5.41 Å². The van der Waals surface area contributed by atoms with Crippen LogP contribution in [0.3, 0.4) is 0 Å². The number of rotatable bonds is 4. The largest absolute Gasteiger partial charge is 0.481 e. The number of hydrogen-bond donors (Lipinski definition) is 2. The molecular formula is C16H21NO4. The molecule has 0 atom stereocenters. The molecule has 1 amide bonds. The molecule has 0 spiro atoms. The highest BCUT2D eigenvalue weighted by Crippen LogP contribution is 2.30. The maximum absolute atomic E-state index is 12.3. The number of carboxylic acids is 1. The minimum atomic E-state index is -0.911. The Morgan fingerprint density at radius 2 is 1.95 bits per heavy atom. The second kappa shape index (κ2) is 6.26. The van der Waals surface area contributed by atoms with E-state index >= 15 is 0 Å². The molecule has 0 radical (unpaired) electrons. The number of amides is 1. The van der Waals surface area contributed by atoms with Crippen molar-refractivity contribution >= 4 is 11.9 Å². The Balaban J connectivity index is 2.09. The van der Waals surface area contributed by atoms with E-state index in [1.54, 1.807) is 6.07 Å². The summed E-state index contributed by atoms with van der Waals surface area (Å²) >= 11 is 0. The molecule has 1 aliphatic rings. The lowest BCUT2D eigenvalue weighted by Crippen LogP contribution is -2.46. The van der Waals surface area contributed by atoms with Crippen LogP contribution >= 0.6 is 0 Å². The van der Waals surface area contributed by atoms with Crippen LogP contribution in [-0.2, 0) is 9.53 Å². The summed E-state index contributed by atoms with van der Waals surface area (Å²) in [5.74, 6) is -1.09. The van der Waals surface area contributed by atoms with Crippen molar-refractivity contribution in [3.63, 3.8) is 0 Å². The number of aryl methyl sites for hydroxylation is 1. The smallest absolute Gasteiger partial charge is 0.311 e. The maximum atomic E-state index is 12.3. The molecule has 0 bridgehead atoms. The van der Waals surface area contributed by atoms with Crippen LogP contribution in [0.2, 0.25) is 0 Å². The summed E-state index contributed by atoms with van der Waals surface area (Å²) in [4.78, 5) is 23.8. The Morgan fingerprint density at radius 1 is 1.29 bits per heavy atom. The molecule has 114 valence electrons. The fraction of sp³-hybridized carbons (Fsp3) is 0.500. The van der Waals surface area contributed by atoms with Crippen molar-refractivity contribution in [2.75, 3.05) is 19.8 Å². The first-order chi connectivity index (χ1) is 9.96. The molecule has 2 N–H and O–H groups in total. The van der Waals surface area contributed by atoms with Gasteiger partial charge in [0, 0.05) is 25.3 Å². The summed E-state index contributed by atoms with van der Waals surface area (Å²) < 4.78 is 5.23. The van der Waals surface area contributed by atoms with Crippen LogP contribution < -0.4 is 5.32 Å². The lowest BCUT2D eigenvalue weighted by Gasteiger charge is -2.33. The highest BCUT2D eigenvalue weighted by atomic mass is 16.5. The Kier molecular flexibility index (Phi) is 4.63. The first-order valence-electron chi connectivity index (χ1n) is 7.12. The van der Waals surface area contributed by atoms with Crippen LogP contribution in [0, 0.1) is 19.3 Å². The van der Waals surface area contributed by atoms with Gasteiger partial charge >= 0.3 is 5.97 Å². The third-order valence-corrected chi connectivity index (χ3v) is 4.34. The standard InChI is InChI=1S/C16H21NO4/c1-11-4-3-5-13(12(11)2)14(18)17-10-16(15(19)20)6-8-21-9-7-16/h3-5H,6-10H2,1-2H3,(H,17,18)(H,19,20). The normalized spacial score (nSPS) is 17.2. The van der Waals surface area contributed by atoms with Crippen molar-refractivity contribution in [2.45, 2.75) is 26.7 Å². The molecule has 0 aromatic heterocycles. The zero-order valence-electron chi connectivity index (χ0n) is 12.4. The summed E-state index contributed by atoms with van der Waals surface area (Å²) in [5.41, 5.74) is 1.65. The summed E-state index contributed by atoms with van der Waals surface area (Å²) in [6.45, 7) is 4.82. The van der Waals surface area contributed by atoms with Gasteiger partial charge in [-0.2, -0.15) is 0 Å². The number of nitrogens with one attached hydrogen (secondary N) is 1. The number of carbonyl (C=O) groups is 2. The molecule has 5 heteroatoms. The van der Waals surface area contributed by atoms with Gasteiger partial charge in [0.2, 0.25) is 0 Å². The predicted molar refractivity (Wildman–Crippen MR) is 78.4 cm³/mol. The Morgan fingerprint density at radius 3 is 2.57 bits per heavy atom. The van der Waals surface area contributed by atoms with E-state index in [9.17, 15) is 14.7 Å². The molecule has 21 heavy (non-hydrogen) atoms. The van der Waals surface area contributed by atoms with Crippen molar-refractivity contribution in [2.24, 2.45) is 5.41 Å². The van der Waals surface area contributed by atoms with Crippen molar-refractivity contribution < 1.29 is 19.4 Å². The maximum Gasteiger partial charge on any atom is 0.311 e. The molecule has 5 nitrogen and oxygen atoms in total. The molecule has 1 fully saturated rings. The van der Waals surface area contributed by atoms with Gasteiger partial charge in [0.15, 0.2) is 0 Å². The average molecular weight is 291 g/mol. The van der Waals surface area contributed by atoms with Gasteiger partial charge in [-0.3, -0.25) is 9.59 Å². The molecule has 0 saturated carbocycles. The van der Waals surface area contributed by atoms with E-state index in [4.69, 9.17) is 4.74 Å². The summed E-state index contributed by atoms with van der Waals surface area (Å²) in [6.07, 6.45) is 0.852. The van der Waals surface area contributed by atoms with Gasteiger partial charge in [-0.05, 0) is 43.9 Å². The van der Waals surface area contributed by atoms with Gasteiger partial charge in [-0.15, -0.1) is 0 Å². The van der Waals surface area contributed by atoms with E-state index in [-0.39, 0.29) is 12.5 Å². The monoisotopic (exact) mass is 291 g/mol. The van der Waals surface area contributed by atoms with E-state index in [1.165, 1.54) is 0 Å². The molecule has 0 aliphatic carbocycles. The third kappa shape index (κ3) is 3.24. The number of hydrogen-bond acceptors (Lipinski definition) is 3. The van der Waals surface area contributed by atoms with Crippen LogP contribution in [0.5, 0.6) is 0 Å². The van der Waals surface area contributed by atoms with Gasteiger partial charge in [0.25, 0.3) is 5.91 Å². The highest BCUT2D eigenvalue weighted by Gasteiger charge is 2.40. The summed E-state index contributed by atoms with van der Waals surface area (Å²) in [5, 5.41) is 12.2. The summed E-state index contributed by atoms with van der Waals surface area (Å²) in [7, 11) is 0. The van der Waals surface area contributed by atoms with Crippen molar-refractivity contribution in [1.82, 2.24) is 5.32 Å². The van der Waals surface area contributed by atoms with Gasteiger partial charge in [0.1, 0.15) is 0 Å². The quantitative estimate of drug-likeness (QED) is 0.888. The summed E-state index contributed by atoms with van der Waals surface area (Å²) in [6, 6.07) is 5.54. The predicted octanol–water partition coefficient (Wildman–Crippen LogP) is 1.91. The second-order valence-corrected chi connectivity index (χ2v) is 5.63. The Hall–Kier alpha value is -1.88. The molecule has 0 unspecified atom stereocenters. The molecule has 1 heterocycles. The van der Waals surface area contributed by atoms with Gasteiger partial charge in [-0.1, -0.05) is 12.1 Å².